The molecule has 0 radical (unpaired) electrons. The van der Waals surface area contributed by atoms with E-state index in [2.05, 4.69) is 71.5 Å². The zero-order valence-corrected chi connectivity index (χ0v) is 14.8. The summed E-state index contributed by atoms with van der Waals surface area (Å²) in [7, 11) is 0. The molecule has 0 aliphatic heterocycles. The number of benzene rings is 2. The number of nitrogens with one attached hydrogen (secondary N) is 1. The summed E-state index contributed by atoms with van der Waals surface area (Å²) in [5, 5.41) is 4.40. The fourth-order valence-corrected chi connectivity index (χ4v) is 3.36. The van der Waals surface area contributed by atoms with E-state index in [1.165, 1.54) is 16.7 Å². The normalized spacial score (nSPS) is 12.4. The highest BCUT2D eigenvalue weighted by Gasteiger charge is 2.13. The van der Waals surface area contributed by atoms with Crippen LogP contribution in [0.25, 0.3) is 0 Å². The van der Waals surface area contributed by atoms with Crippen molar-refractivity contribution in [3.05, 3.63) is 68.7 Å². The maximum absolute atomic E-state index is 6.20. The van der Waals surface area contributed by atoms with Crippen LogP contribution >= 0.6 is 27.5 Å². The molecule has 0 aromatic heterocycles. The molecule has 0 saturated carbocycles. The monoisotopic (exact) mass is 365 g/mol. The summed E-state index contributed by atoms with van der Waals surface area (Å²) in [5.74, 6) is 0. The third kappa shape index (κ3) is 5.14. The van der Waals surface area contributed by atoms with Crippen LogP contribution in [0.4, 0.5) is 0 Å². The first kappa shape index (κ1) is 16.5. The Kier molecular flexibility index (Phi) is 6.28. The van der Waals surface area contributed by atoms with Crippen molar-refractivity contribution < 1.29 is 0 Å². The zero-order chi connectivity index (χ0) is 15.2. The minimum absolute atomic E-state index is 0.279. The van der Waals surface area contributed by atoms with Crippen LogP contribution in [0.2, 0.25) is 5.02 Å². The maximum Gasteiger partial charge on any atom is 0.0420 e. The molecule has 0 fully saturated rings. The Morgan fingerprint density at radius 1 is 1.19 bits per heavy atom. The first-order chi connectivity index (χ1) is 10.1. The average Bonchev–Trinajstić information content (AvgIpc) is 2.42. The Hall–Kier alpha value is -0.830. The molecule has 2 rings (SSSR count). The van der Waals surface area contributed by atoms with Gasteiger partial charge in [0.2, 0.25) is 0 Å². The van der Waals surface area contributed by atoms with Crippen LogP contribution < -0.4 is 5.32 Å². The molecule has 0 spiro atoms. The Bertz CT molecular complexity index is 577. The molecule has 2 aromatic carbocycles. The van der Waals surface area contributed by atoms with Gasteiger partial charge in [-0.3, -0.25) is 0 Å². The lowest BCUT2D eigenvalue weighted by molar-refractivity contribution is 0.529. The molecule has 1 atom stereocenters. The summed E-state index contributed by atoms with van der Waals surface area (Å²) >= 11 is 9.73. The number of halogens is 2. The number of hydrogen-bond donors (Lipinski definition) is 1. The second-order valence-corrected chi connectivity index (χ2v) is 6.75. The highest BCUT2D eigenvalue weighted by atomic mass is 79.9. The summed E-state index contributed by atoms with van der Waals surface area (Å²) < 4.78 is 1.03. The second-order valence-electron chi connectivity index (χ2n) is 5.40. The van der Waals surface area contributed by atoms with Gasteiger partial charge in [-0.1, -0.05) is 64.3 Å². The van der Waals surface area contributed by atoms with Crippen molar-refractivity contribution in [3.8, 4) is 0 Å². The average molecular weight is 367 g/mol. The minimum atomic E-state index is 0.279. The van der Waals surface area contributed by atoms with Gasteiger partial charge in [0, 0.05) is 15.5 Å². The topological polar surface area (TPSA) is 12.0 Å². The van der Waals surface area contributed by atoms with Gasteiger partial charge in [0.1, 0.15) is 0 Å². The predicted molar refractivity (Wildman–Crippen MR) is 95.1 cm³/mol. The first-order valence-electron chi connectivity index (χ1n) is 7.33. The largest absolute Gasteiger partial charge is 0.310 e. The fourth-order valence-electron chi connectivity index (χ4n) is 2.48. The molecule has 2 aromatic rings. The third-order valence-electron chi connectivity index (χ3n) is 3.45. The van der Waals surface area contributed by atoms with E-state index in [-0.39, 0.29) is 6.04 Å². The van der Waals surface area contributed by atoms with Crippen molar-refractivity contribution in [3.63, 3.8) is 0 Å². The Morgan fingerprint density at radius 2 is 2.00 bits per heavy atom. The second kappa shape index (κ2) is 7.98. The molecule has 1 nitrogen and oxygen atoms in total. The van der Waals surface area contributed by atoms with Gasteiger partial charge >= 0.3 is 0 Å². The van der Waals surface area contributed by atoms with Crippen molar-refractivity contribution in [1.29, 1.82) is 0 Å². The van der Waals surface area contributed by atoms with E-state index in [1.807, 2.05) is 6.07 Å². The zero-order valence-electron chi connectivity index (χ0n) is 12.5. The summed E-state index contributed by atoms with van der Waals surface area (Å²) in [6.45, 7) is 5.32. The Balaban J connectivity index is 2.25. The summed E-state index contributed by atoms with van der Waals surface area (Å²) in [5.41, 5.74) is 3.87. The van der Waals surface area contributed by atoms with E-state index in [0.717, 1.165) is 28.9 Å². The van der Waals surface area contributed by atoms with Crippen molar-refractivity contribution in [2.75, 3.05) is 6.54 Å². The van der Waals surface area contributed by atoms with Gasteiger partial charge in [-0.15, -0.1) is 0 Å². The summed E-state index contributed by atoms with van der Waals surface area (Å²) in [4.78, 5) is 0. The highest BCUT2D eigenvalue weighted by Crippen LogP contribution is 2.26. The molecular weight excluding hydrogens is 346 g/mol. The summed E-state index contributed by atoms with van der Waals surface area (Å²) in [6.07, 6.45) is 2.08. The molecule has 0 aliphatic rings. The maximum atomic E-state index is 6.20. The predicted octanol–water partition coefficient (Wildman–Crippen LogP) is 5.69. The van der Waals surface area contributed by atoms with Crippen molar-refractivity contribution in [1.82, 2.24) is 5.32 Å². The highest BCUT2D eigenvalue weighted by molar-refractivity contribution is 9.10. The number of hydrogen-bond acceptors (Lipinski definition) is 1. The van der Waals surface area contributed by atoms with Gasteiger partial charge in [0.05, 0.1) is 0 Å². The molecule has 3 heteroatoms. The number of aryl methyl sites for hydroxylation is 1. The van der Waals surface area contributed by atoms with E-state index in [0.29, 0.717) is 0 Å². The van der Waals surface area contributed by atoms with Gasteiger partial charge < -0.3 is 5.32 Å². The van der Waals surface area contributed by atoms with Crippen LogP contribution in [-0.4, -0.2) is 6.54 Å². The van der Waals surface area contributed by atoms with Crippen LogP contribution in [0.15, 0.2) is 46.9 Å². The molecule has 1 N–H and O–H groups in total. The lowest BCUT2D eigenvalue weighted by Gasteiger charge is -2.20. The van der Waals surface area contributed by atoms with Crippen molar-refractivity contribution in [2.24, 2.45) is 0 Å². The molecule has 21 heavy (non-hydrogen) atoms. The lowest BCUT2D eigenvalue weighted by atomic mass is 9.98. The van der Waals surface area contributed by atoms with Gasteiger partial charge in [0.25, 0.3) is 0 Å². The van der Waals surface area contributed by atoms with Gasteiger partial charge in [-0.2, -0.15) is 0 Å². The van der Waals surface area contributed by atoms with Crippen LogP contribution in [-0.2, 0) is 6.42 Å². The molecule has 0 amide bonds. The smallest absolute Gasteiger partial charge is 0.0420 e. The van der Waals surface area contributed by atoms with E-state index in [1.54, 1.807) is 0 Å². The standard InChI is InChI=1S/C18H21BrClN/c1-3-7-21-18(9-14-6-4-5-13(2)8-14)15-10-16(19)12-17(20)11-15/h4-6,8,10-12,18,21H,3,7,9H2,1-2H3. The molecular formula is C18H21BrClN. The third-order valence-corrected chi connectivity index (χ3v) is 4.13. The molecule has 0 heterocycles. The Morgan fingerprint density at radius 3 is 2.67 bits per heavy atom. The van der Waals surface area contributed by atoms with Crippen molar-refractivity contribution in [2.45, 2.75) is 32.7 Å². The van der Waals surface area contributed by atoms with E-state index < -0.39 is 0 Å². The fraction of sp³-hybridized carbons (Fsp3) is 0.333. The van der Waals surface area contributed by atoms with Gasteiger partial charge in [-0.25, -0.2) is 0 Å². The SMILES string of the molecule is CCCNC(Cc1cccc(C)c1)c1cc(Cl)cc(Br)c1. The van der Waals surface area contributed by atoms with Crippen LogP contribution in [0.1, 0.15) is 36.1 Å². The molecule has 112 valence electrons. The minimum Gasteiger partial charge on any atom is -0.310 e. The van der Waals surface area contributed by atoms with Gasteiger partial charge in [0.15, 0.2) is 0 Å². The van der Waals surface area contributed by atoms with Gasteiger partial charge in [-0.05, 0) is 55.6 Å². The van der Waals surface area contributed by atoms with Crippen molar-refractivity contribution >= 4 is 27.5 Å². The van der Waals surface area contributed by atoms with Crippen LogP contribution in [0.3, 0.4) is 0 Å². The van der Waals surface area contributed by atoms with E-state index in [9.17, 15) is 0 Å². The lowest BCUT2D eigenvalue weighted by Crippen LogP contribution is -2.24. The van der Waals surface area contributed by atoms with Crippen LogP contribution in [0.5, 0.6) is 0 Å². The molecule has 0 aliphatic carbocycles. The molecule has 0 saturated heterocycles. The quantitative estimate of drug-likeness (QED) is 0.692. The van der Waals surface area contributed by atoms with Crippen LogP contribution in [0, 0.1) is 6.92 Å². The first-order valence-corrected chi connectivity index (χ1v) is 8.50. The molecule has 1 unspecified atom stereocenters. The summed E-state index contributed by atoms with van der Waals surface area (Å²) in [6, 6.07) is 15.1. The number of rotatable bonds is 6. The van der Waals surface area contributed by atoms with E-state index in [4.69, 9.17) is 11.6 Å². The van der Waals surface area contributed by atoms with E-state index >= 15 is 0 Å². The molecule has 0 bridgehead atoms. The Labute approximate surface area is 140 Å².